The van der Waals surface area contributed by atoms with Gasteiger partial charge in [-0.1, -0.05) is 6.92 Å². The molecule has 1 rings (SSSR count). The molecule has 1 aromatic rings. The van der Waals surface area contributed by atoms with E-state index >= 15 is 0 Å². The Bertz CT molecular complexity index is 491. The Morgan fingerprint density at radius 1 is 1.47 bits per heavy atom. The third kappa shape index (κ3) is 3.67. The lowest BCUT2D eigenvalue weighted by Crippen LogP contribution is -2.37. The monoisotopic (exact) mass is 268 g/mol. The number of anilines is 1. The zero-order valence-corrected chi connectivity index (χ0v) is 10.9. The number of halogens is 1. The molecule has 1 aromatic carbocycles. The van der Waals surface area contributed by atoms with Crippen LogP contribution in [0.15, 0.2) is 18.2 Å². The van der Waals surface area contributed by atoms with E-state index in [0.717, 1.165) is 6.07 Å². The number of carbonyl (C=O) groups is 2. The van der Waals surface area contributed by atoms with Gasteiger partial charge in [0.25, 0.3) is 5.91 Å². The summed E-state index contributed by atoms with van der Waals surface area (Å²) in [5.74, 6) is -2.70. The SMILES string of the molecule is CCN(CC(C)C(=O)O)C(=O)c1cc(F)ccc1N. The Labute approximate surface area is 110 Å². The molecule has 0 spiro atoms. The van der Waals surface area contributed by atoms with Gasteiger partial charge in [0.1, 0.15) is 5.82 Å². The van der Waals surface area contributed by atoms with Crippen molar-refractivity contribution in [3.8, 4) is 0 Å². The Morgan fingerprint density at radius 2 is 2.11 bits per heavy atom. The first kappa shape index (κ1) is 14.9. The van der Waals surface area contributed by atoms with Crippen molar-refractivity contribution in [3.05, 3.63) is 29.6 Å². The van der Waals surface area contributed by atoms with Crippen LogP contribution in [0.25, 0.3) is 0 Å². The van der Waals surface area contributed by atoms with E-state index in [1.807, 2.05) is 0 Å². The number of nitrogen functional groups attached to an aromatic ring is 1. The summed E-state index contributed by atoms with van der Waals surface area (Å²) in [5.41, 5.74) is 5.87. The van der Waals surface area contributed by atoms with Gasteiger partial charge in [0.05, 0.1) is 11.5 Å². The van der Waals surface area contributed by atoms with Gasteiger partial charge in [0.15, 0.2) is 0 Å². The molecule has 0 aromatic heterocycles. The second kappa shape index (κ2) is 6.17. The molecule has 5 nitrogen and oxygen atoms in total. The van der Waals surface area contributed by atoms with E-state index in [-0.39, 0.29) is 17.8 Å². The van der Waals surface area contributed by atoms with Crippen LogP contribution >= 0.6 is 0 Å². The van der Waals surface area contributed by atoms with Crippen LogP contribution in [0.1, 0.15) is 24.2 Å². The number of hydrogen-bond acceptors (Lipinski definition) is 3. The summed E-state index contributed by atoms with van der Waals surface area (Å²) >= 11 is 0. The van der Waals surface area contributed by atoms with Gasteiger partial charge in [0.2, 0.25) is 0 Å². The predicted octanol–water partition coefficient (Wildman–Crippen LogP) is 1.59. The molecule has 0 aliphatic heterocycles. The zero-order chi connectivity index (χ0) is 14.6. The number of amides is 1. The standard InChI is InChI=1S/C13H17FN2O3/c1-3-16(7-8(2)13(18)19)12(17)10-6-9(14)4-5-11(10)15/h4-6,8H,3,7,15H2,1-2H3,(H,18,19). The molecule has 19 heavy (non-hydrogen) atoms. The number of nitrogens with zero attached hydrogens (tertiary/aromatic N) is 1. The second-order valence-corrected chi connectivity index (χ2v) is 4.31. The molecule has 1 atom stereocenters. The maximum Gasteiger partial charge on any atom is 0.308 e. The van der Waals surface area contributed by atoms with Crippen LogP contribution in [0.5, 0.6) is 0 Å². The van der Waals surface area contributed by atoms with Crippen LogP contribution in [0.4, 0.5) is 10.1 Å². The van der Waals surface area contributed by atoms with E-state index in [2.05, 4.69) is 0 Å². The number of aliphatic carboxylic acids is 1. The Morgan fingerprint density at radius 3 is 2.63 bits per heavy atom. The van der Waals surface area contributed by atoms with Gasteiger partial charge in [0, 0.05) is 18.8 Å². The van der Waals surface area contributed by atoms with Gasteiger partial charge in [-0.25, -0.2) is 4.39 Å². The third-order valence-electron chi connectivity index (χ3n) is 2.83. The van der Waals surface area contributed by atoms with Gasteiger partial charge in [-0.3, -0.25) is 9.59 Å². The van der Waals surface area contributed by atoms with Crippen molar-refractivity contribution in [2.75, 3.05) is 18.8 Å². The topological polar surface area (TPSA) is 83.6 Å². The summed E-state index contributed by atoms with van der Waals surface area (Å²) < 4.78 is 13.1. The highest BCUT2D eigenvalue weighted by Crippen LogP contribution is 2.16. The lowest BCUT2D eigenvalue weighted by atomic mass is 10.1. The summed E-state index contributed by atoms with van der Waals surface area (Å²) in [7, 11) is 0. The highest BCUT2D eigenvalue weighted by atomic mass is 19.1. The molecule has 6 heteroatoms. The normalized spacial score (nSPS) is 11.9. The fourth-order valence-corrected chi connectivity index (χ4v) is 1.65. The van der Waals surface area contributed by atoms with Crippen molar-refractivity contribution in [2.45, 2.75) is 13.8 Å². The Balaban J connectivity index is 2.95. The number of hydrogen-bond donors (Lipinski definition) is 2. The number of benzene rings is 1. The fraction of sp³-hybridized carbons (Fsp3) is 0.385. The first-order valence-corrected chi connectivity index (χ1v) is 5.93. The molecule has 0 aliphatic rings. The zero-order valence-electron chi connectivity index (χ0n) is 10.9. The molecule has 1 amide bonds. The van der Waals surface area contributed by atoms with E-state index in [0.29, 0.717) is 6.54 Å². The van der Waals surface area contributed by atoms with Gasteiger partial charge < -0.3 is 15.7 Å². The van der Waals surface area contributed by atoms with Gasteiger partial charge in [-0.15, -0.1) is 0 Å². The molecule has 104 valence electrons. The predicted molar refractivity (Wildman–Crippen MR) is 69.2 cm³/mol. The van der Waals surface area contributed by atoms with Gasteiger partial charge in [-0.05, 0) is 25.1 Å². The molecule has 0 saturated carbocycles. The van der Waals surface area contributed by atoms with Crippen molar-refractivity contribution in [3.63, 3.8) is 0 Å². The minimum Gasteiger partial charge on any atom is -0.481 e. The number of carbonyl (C=O) groups excluding carboxylic acids is 1. The molecule has 1 unspecified atom stereocenters. The highest BCUT2D eigenvalue weighted by molar-refractivity contribution is 5.99. The summed E-state index contributed by atoms with van der Waals surface area (Å²) in [6.45, 7) is 3.61. The van der Waals surface area contributed by atoms with Crippen LogP contribution in [-0.2, 0) is 4.79 Å². The van der Waals surface area contributed by atoms with Crippen molar-refractivity contribution in [1.82, 2.24) is 4.90 Å². The van der Waals surface area contributed by atoms with Crippen LogP contribution in [0.2, 0.25) is 0 Å². The minimum atomic E-state index is -0.988. The first-order valence-electron chi connectivity index (χ1n) is 5.93. The lowest BCUT2D eigenvalue weighted by Gasteiger charge is -2.23. The molecule has 0 fully saturated rings. The van der Waals surface area contributed by atoms with E-state index < -0.39 is 23.6 Å². The molecular formula is C13H17FN2O3. The average Bonchev–Trinajstić information content (AvgIpc) is 2.37. The fourth-order valence-electron chi connectivity index (χ4n) is 1.65. The summed E-state index contributed by atoms with van der Waals surface area (Å²) in [6.07, 6.45) is 0. The number of carboxylic acid groups (broad SMARTS) is 1. The quantitative estimate of drug-likeness (QED) is 0.794. The second-order valence-electron chi connectivity index (χ2n) is 4.31. The molecule has 0 bridgehead atoms. The molecule has 0 aliphatic carbocycles. The number of nitrogens with two attached hydrogens (primary N) is 1. The molecule has 0 radical (unpaired) electrons. The lowest BCUT2D eigenvalue weighted by molar-refractivity contribution is -0.141. The Hall–Kier alpha value is -2.11. The molecule has 3 N–H and O–H groups in total. The highest BCUT2D eigenvalue weighted by Gasteiger charge is 2.22. The van der Waals surface area contributed by atoms with Crippen molar-refractivity contribution in [2.24, 2.45) is 5.92 Å². The summed E-state index contributed by atoms with van der Waals surface area (Å²) in [6, 6.07) is 3.55. The van der Waals surface area contributed by atoms with E-state index in [4.69, 9.17) is 10.8 Å². The van der Waals surface area contributed by atoms with Crippen LogP contribution < -0.4 is 5.73 Å². The van der Waals surface area contributed by atoms with Crippen LogP contribution in [-0.4, -0.2) is 35.0 Å². The maximum atomic E-state index is 13.1. The van der Waals surface area contributed by atoms with Crippen molar-refractivity contribution in [1.29, 1.82) is 0 Å². The summed E-state index contributed by atoms with van der Waals surface area (Å²) in [5, 5.41) is 8.85. The Kier molecular flexibility index (Phi) is 4.86. The minimum absolute atomic E-state index is 0.0550. The van der Waals surface area contributed by atoms with Gasteiger partial charge >= 0.3 is 5.97 Å². The largest absolute Gasteiger partial charge is 0.481 e. The number of rotatable bonds is 5. The molecule has 0 saturated heterocycles. The maximum absolute atomic E-state index is 13.1. The van der Waals surface area contributed by atoms with E-state index in [1.54, 1.807) is 6.92 Å². The molecular weight excluding hydrogens is 251 g/mol. The first-order chi connectivity index (χ1) is 8.86. The van der Waals surface area contributed by atoms with Gasteiger partial charge in [-0.2, -0.15) is 0 Å². The molecule has 0 heterocycles. The van der Waals surface area contributed by atoms with E-state index in [1.165, 1.54) is 24.0 Å². The average molecular weight is 268 g/mol. The summed E-state index contributed by atoms with van der Waals surface area (Å²) in [4.78, 5) is 24.3. The van der Waals surface area contributed by atoms with Crippen LogP contribution in [0, 0.1) is 11.7 Å². The third-order valence-corrected chi connectivity index (χ3v) is 2.83. The number of carboxylic acids is 1. The van der Waals surface area contributed by atoms with E-state index in [9.17, 15) is 14.0 Å². The van der Waals surface area contributed by atoms with Crippen LogP contribution in [0.3, 0.4) is 0 Å². The van der Waals surface area contributed by atoms with Crippen molar-refractivity contribution < 1.29 is 19.1 Å². The smallest absolute Gasteiger partial charge is 0.308 e. The van der Waals surface area contributed by atoms with Crippen molar-refractivity contribution >= 4 is 17.6 Å².